The molecule has 1 amide bonds. The van der Waals surface area contributed by atoms with Crippen molar-refractivity contribution in [3.8, 4) is 0 Å². The van der Waals surface area contributed by atoms with Crippen molar-refractivity contribution in [1.82, 2.24) is 4.98 Å². The molecule has 2 atom stereocenters. The van der Waals surface area contributed by atoms with Gasteiger partial charge in [0.15, 0.2) is 22.3 Å². The molecule has 158 valence electrons. The number of halogens is 4. The number of alkyl halides is 1. The van der Waals surface area contributed by atoms with Crippen molar-refractivity contribution in [3.63, 3.8) is 0 Å². The number of nitrogens with two attached hydrogens (primary N) is 1. The normalized spacial score (nSPS) is 25.9. The van der Waals surface area contributed by atoms with E-state index in [4.69, 9.17) is 10.5 Å². The van der Waals surface area contributed by atoms with Gasteiger partial charge in [-0.2, -0.15) is 0 Å². The summed E-state index contributed by atoms with van der Waals surface area (Å²) < 4.78 is 62.6. The standard InChI is InChI=1S/C19H16F4N4O2S/c20-11-3-10(19-8-29-2-1-18(19,23)9-30-17(24)27-19)4-13(5-11)26-16(28)15-14(22)6-12(21)7-25-15/h3-7H,1-2,8-9H2,(H2,24,27)(H,26,28)/t18-,19-/m1/s1. The summed E-state index contributed by atoms with van der Waals surface area (Å²) in [6, 6.07) is 3.92. The van der Waals surface area contributed by atoms with Crippen LogP contribution >= 0.6 is 11.8 Å². The van der Waals surface area contributed by atoms with Gasteiger partial charge >= 0.3 is 0 Å². The van der Waals surface area contributed by atoms with Gasteiger partial charge in [0.2, 0.25) is 0 Å². The van der Waals surface area contributed by atoms with Crippen LogP contribution in [-0.2, 0) is 10.3 Å². The molecule has 1 aromatic heterocycles. The third-order valence-electron chi connectivity index (χ3n) is 5.10. The van der Waals surface area contributed by atoms with Crippen LogP contribution in [0.25, 0.3) is 0 Å². The van der Waals surface area contributed by atoms with Crippen molar-refractivity contribution in [1.29, 1.82) is 0 Å². The Hall–Kier alpha value is -2.66. The Kier molecular flexibility index (Phi) is 5.18. The molecule has 1 fully saturated rings. The molecule has 2 aliphatic heterocycles. The summed E-state index contributed by atoms with van der Waals surface area (Å²) in [5.41, 5.74) is 1.79. The van der Waals surface area contributed by atoms with E-state index >= 15 is 4.39 Å². The zero-order valence-corrected chi connectivity index (χ0v) is 16.2. The predicted octanol–water partition coefficient (Wildman–Crippen LogP) is 3.14. The molecular formula is C19H16F4N4O2S. The molecule has 0 saturated carbocycles. The minimum Gasteiger partial charge on any atom is -0.379 e. The van der Waals surface area contributed by atoms with Crippen LogP contribution in [0.4, 0.5) is 23.2 Å². The number of anilines is 1. The van der Waals surface area contributed by atoms with Crippen LogP contribution in [0.2, 0.25) is 0 Å². The zero-order valence-electron chi connectivity index (χ0n) is 15.4. The smallest absolute Gasteiger partial charge is 0.277 e. The number of carbonyl (C=O) groups excluding carboxylic acids is 1. The van der Waals surface area contributed by atoms with E-state index in [1.807, 2.05) is 0 Å². The number of thioether (sulfide) groups is 1. The molecular weight excluding hydrogens is 424 g/mol. The summed E-state index contributed by atoms with van der Waals surface area (Å²) in [7, 11) is 0. The van der Waals surface area contributed by atoms with Crippen LogP contribution in [0, 0.1) is 17.5 Å². The molecule has 3 heterocycles. The third kappa shape index (κ3) is 3.52. The van der Waals surface area contributed by atoms with Gasteiger partial charge in [-0.1, -0.05) is 11.8 Å². The first-order valence-corrected chi connectivity index (χ1v) is 9.89. The largest absolute Gasteiger partial charge is 0.379 e. The second kappa shape index (κ2) is 7.55. The summed E-state index contributed by atoms with van der Waals surface area (Å²) in [5.74, 6) is -3.89. The summed E-state index contributed by atoms with van der Waals surface area (Å²) in [6.07, 6.45) is 0.724. The monoisotopic (exact) mass is 440 g/mol. The van der Waals surface area contributed by atoms with Gasteiger partial charge < -0.3 is 15.8 Å². The molecule has 0 bridgehead atoms. The van der Waals surface area contributed by atoms with Gasteiger partial charge in [0.1, 0.15) is 17.2 Å². The van der Waals surface area contributed by atoms with Crippen molar-refractivity contribution < 1.29 is 27.1 Å². The number of nitrogens with zero attached hydrogens (tertiary/aromatic N) is 2. The lowest BCUT2D eigenvalue weighted by Gasteiger charge is -2.48. The minimum absolute atomic E-state index is 0.0224. The Morgan fingerprint density at radius 2 is 2.00 bits per heavy atom. The van der Waals surface area contributed by atoms with Gasteiger partial charge in [0.25, 0.3) is 5.91 Å². The van der Waals surface area contributed by atoms with Crippen molar-refractivity contribution in [2.24, 2.45) is 10.7 Å². The maximum absolute atomic E-state index is 15.8. The van der Waals surface area contributed by atoms with E-state index in [1.165, 1.54) is 6.07 Å². The van der Waals surface area contributed by atoms with Crippen molar-refractivity contribution in [2.75, 3.05) is 24.3 Å². The molecule has 0 aliphatic carbocycles. The SMILES string of the molecule is NC1=N[C@@]2(c3cc(F)cc(NC(=O)c4ncc(F)cc4F)c3)COCC[C@@]2(F)CS1. The fraction of sp³-hybridized carbons (Fsp3) is 0.316. The molecule has 4 rings (SSSR count). The predicted molar refractivity (Wildman–Crippen MR) is 104 cm³/mol. The highest BCUT2D eigenvalue weighted by atomic mass is 32.2. The van der Waals surface area contributed by atoms with Gasteiger partial charge in [0.05, 0.1) is 12.8 Å². The average molecular weight is 440 g/mol. The number of hydrogen-bond acceptors (Lipinski definition) is 6. The fourth-order valence-electron chi connectivity index (χ4n) is 3.60. The molecule has 2 aromatic rings. The molecule has 11 heteroatoms. The maximum atomic E-state index is 15.8. The summed E-state index contributed by atoms with van der Waals surface area (Å²) in [4.78, 5) is 20.0. The number of fused-ring (bicyclic) bond motifs is 1. The summed E-state index contributed by atoms with van der Waals surface area (Å²) in [5, 5.41) is 2.44. The molecule has 1 aromatic carbocycles. The Morgan fingerprint density at radius 3 is 2.77 bits per heavy atom. The minimum atomic E-state index is -1.83. The molecule has 6 nitrogen and oxygen atoms in total. The third-order valence-corrected chi connectivity index (χ3v) is 6.09. The van der Waals surface area contributed by atoms with E-state index in [0.29, 0.717) is 12.3 Å². The van der Waals surface area contributed by atoms with E-state index in [1.54, 1.807) is 0 Å². The summed E-state index contributed by atoms with van der Waals surface area (Å²) in [6.45, 7) is 0.0262. The van der Waals surface area contributed by atoms with E-state index in [-0.39, 0.29) is 41.8 Å². The molecule has 0 unspecified atom stereocenters. The van der Waals surface area contributed by atoms with Crippen molar-refractivity contribution >= 4 is 28.5 Å². The van der Waals surface area contributed by atoms with Crippen LogP contribution in [-0.4, -0.2) is 40.7 Å². The number of aromatic nitrogens is 1. The number of amidine groups is 1. The Morgan fingerprint density at radius 1 is 1.20 bits per heavy atom. The van der Waals surface area contributed by atoms with E-state index in [9.17, 15) is 18.0 Å². The average Bonchev–Trinajstić information content (AvgIpc) is 2.67. The van der Waals surface area contributed by atoms with E-state index in [2.05, 4.69) is 15.3 Å². The van der Waals surface area contributed by atoms with Gasteiger partial charge in [-0.25, -0.2) is 27.5 Å². The van der Waals surface area contributed by atoms with Crippen molar-refractivity contribution in [3.05, 3.63) is 59.2 Å². The molecule has 0 radical (unpaired) electrons. The molecule has 0 spiro atoms. The lowest BCUT2D eigenvalue weighted by molar-refractivity contribution is -0.0693. The number of nitrogens with one attached hydrogen (secondary N) is 1. The maximum Gasteiger partial charge on any atom is 0.277 e. The second-order valence-corrected chi connectivity index (χ2v) is 8.03. The molecule has 2 aliphatic rings. The van der Waals surface area contributed by atoms with E-state index < -0.39 is 40.3 Å². The van der Waals surface area contributed by atoms with E-state index in [0.717, 1.165) is 23.9 Å². The first kappa shape index (κ1) is 20.6. The highest BCUT2D eigenvalue weighted by Gasteiger charge is 2.58. The van der Waals surface area contributed by atoms with Gasteiger partial charge in [-0.15, -0.1) is 0 Å². The summed E-state index contributed by atoms with van der Waals surface area (Å²) >= 11 is 1.07. The number of rotatable bonds is 3. The lowest BCUT2D eigenvalue weighted by atomic mass is 9.74. The zero-order chi connectivity index (χ0) is 21.5. The Balaban J connectivity index is 1.73. The van der Waals surface area contributed by atoms with Crippen LogP contribution < -0.4 is 11.1 Å². The van der Waals surface area contributed by atoms with Gasteiger partial charge in [-0.3, -0.25) is 4.79 Å². The fourth-order valence-corrected chi connectivity index (χ4v) is 4.58. The Labute approximate surface area is 172 Å². The van der Waals surface area contributed by atoms with Crippen LogP contribution in [0.1, 0.15) is 22.5 Å². The number of hydrogen-bond donors (Lipinski definition) is 2. The topological polar surface area (TPSA) is 89.6 Å². The van der Waals surface area contributed by atoms with Gasteiger partial charge in [-0.05, 0) is 23.8 Å². The second-order valence-electron chi connectivity index (χ2n) is 7.03. The van der Waals surface area contributed by atoms with Crippen LogP contribution in [0.15, 0.2) is 35.5 Å². The number of pyridine rings is 1. The van der Waals surface area contributed by atoms with Crippen LogP contribution in [0.5, 0.6) is 0 Å². The quantitative estimate of drug-likeness (QED) is 0.716. The Bertz CT molecular complexity index is 1050. The number of ether oxygens (including phenoxy) is 1. The molecule has 3 N–H and O–H groups in total. The number of aliphatic imine (C=N–C) groups is 1. The van der Waals surface area contributed by atoms with Crippen molar-refractivity contribution in [2.45, 2.75) is 17.6 Å². The highest BCUT2D eigenvalue weighted by molar-refractivity contribution is 8.13. The number of amides is 1. The first-order chi connectivity index (χ1) is 14.2. The number of benzene rings is 1. The first-order valence-electron chi connectivity index (χ1n) is 8.91. The van der Waals surface area contributed by atoms with Gasteiger partial charge in [0, 0.05) is 30.5 Å². The molecule has 1 saturated heterocycles. The highest BCUT2D eigenvalue weighted by Crippen LogP contribution is 2.50. The number of carbonyl (C=O) groups is 1. The molecule has 30 heavy (non-hydrogen) atoms. The lowest BCUT2D eigenvalue weighted by Crippen LogP contribution is -2.58. The van der Waals surface area contributed by atoms with Crippen LogP contribution in [0.3, 0.4) is 0 Å².